The summed E-state index contributed by atoms with van der Waals surface area (Å²) >= 11 is 1.52. The van der Waals surface area contributed by atoms with Crippen LogP contribution >= 0.6 is 11.3 Å². The molecule has 0 bridgehead atoms. The standard InChI is InChI=1S/C11H14F3NO2S/c1-7-3-4-9(18-7)5-15-10(16)8(2)17-6-11(12,13)14/h3-4,8H,5-6H2,1-2H3,(H,15,16)/t8-/m0/s1. The van der Waals surface area contributed by atoms with E-state index in [-0.39, 0.29) is 0 Å². The van der Waals surface area contributed by atoms with Crippen LogP contribution in [0.1, 0.15) is 16.7 Å². The van der Waals surface area contributed by atoms with Crippen molar-refractivity contribution in [3.63, 3.8) is 0 Å². The van der Waals surface area contributed by atoms with Gasteiger partial charge in [-0.3, -0.25) is 4.79 Å². The maximum absolute atomic E-state index is 11.9. The van der Waals surface area contributed by atoms with E-state index in [1.54, 1.807) is 0 Å². The molecular weight excluding hydrogens is 267 g/mol. The van der Waals surface area contributed by atoms with Crippen molar-refractivity contribution in [1.82, 2.24) is 5.32 Å². The zero-order chi connectivity index (χ0) is 13.8. The summed E-state index contributed by atoms with van der Waals surface area (Å²) in [6.07, 6.45) is -5.54. The molecule has 7 heteroatoms. The van der Waals surface area contributed by atoms with Gasteiger partial charge in [0.2, 0.25) is 5.91 Å². The second-order valence-electron chi connectivity index (χ2n) is 3.80. The van der Waals surface area contributed by atoms with Gasteiger partial charge in [-0.1, -0.05) is 0 Å². The number of alkyl halides is 3. The third kappa shape index (κ3) is 5.50. The van der Waals surface area contributed by atoms with Crippen LogP contribution in [0, 0.1) is 6.92 Å². The van der Waals surface area contributed by atoms with Crippen LogP contribution in [-0.2, 0) is 16.1 Å². The Morgan fingerprint density at radius 1 is 1.50 bits per heavy atom. The highest BCUT2D eigenvalue weighted by Gasteiger charge is 2.29. The Morgan fingerprint density at radius 2 is 2.17 bits per heavy atom. The second-order valence-corrected chi connectivity index (χ2v) is 5.17. The van der Waals surface area contributed by atoms with Crippen LogP contribution in [0.3, 0.4) is 0 Å². The van der Waals surface area contributed by atoms with Crippen LogP contribution in [0.2, 0.25) is 0 Å². The molecule has 1 atom stereocenters. The second kappa shape index (κ2) is 6.19. The van der Waals surface area contributed by atoms with Crippen molar-refractivity contribution >= 4 is 17.2 Å². The lowest BCUT2D eigenvalue weighted by Crippen LogP contribution is -2.36. The summed E-state index contributed by atoms with van der Waals surface area (Å²) in [6, 6.07) is 3.78. The predicted molar refractivity (Wildman–Crippen MR) is 62.4 cm³/mol. The molecule has 1 aromatic rings. The molecule has 1 N–H and O–H groups in total. The minimum Gasteiger partial charge on any atom is -0.359 e. The molecular formula is C11H14F3NO2S. The van der Waals surface area contributed by atoms with E-state index in [1.807, 2.05) is 19.1 Å². The van der Waals surface area contributed by atoms with Crippen molar-refractivity contribution in [3.8, 4) is 0 Å². The molecule has 0 radical (unpaired) electrons. The fourth-order valence-electron chi connectivity index (χ4n) is 1.19. The van der Waals surface area contributed by atoms with E-state index in [0.717, 1.165) is 9.75 Å². The van der Waals surface area contributed by atoms with Crippen LogP contribution in [0.5, 0.6) is 0 Å². The molecule has 102 valence electrons. The van der Waals surface area contributed by atoms with E-state index in [4.69, 9.17) is 0 Å². The summed E-state index contributed by atoms with van der Waals surface area (Å²) in [5, 5.41) is 2.53. The summed E-state index contributed by atoms with van der Waals surface area (Å²) in [7, 11) is 0. The van der Waals surface area contributed by atoms with Gasteiger partial charge in [0.25, 0.3) is 0 Å². The Morgan fingerprint density at radius 3 is 2.67 bits per heavy atom. The molecule has 0 fully saturated rings. The number of amides is 1. The third-order valence-electron chi connectivity index (χ3n) is 2.10. The Hall–Kier alpha value is -1.08. The van der Waals surface area contributed by atoms with Crippen molar-refractivity contribution in [3.05, 3.63) is 21.9 Å². The maximum Gasteiger partial charge on any atom is 0.411 e. The molecule has 0 aliphatic carbocycles. The number of carbonyl (C=O) groups excluding carboxylic acids is 1. The number of rotatable bonds is 5. The minimum absolute atomic E-state index is 0.303. The van der Waals surface area contributed by atoms with Gasteiger partial charge in [0, 0.05) is 9.75 Å². The van der Waals surface area contributed by atoms with Crippen LogP contribution < -0.4 is 5.32 Å². The summed E-state index contributed by atoms with van der Waals surface area (Å²) in [6.45, 7) is 2.11. The quantitative estimate of drug-likeness (QED) is 0.901. The zero-order valence-electron chi connectivity index (χ0n) is 10.0. The van der Waals surface area contributed by atoms with Crippen molar-refractivity contribution in [2.45, 2.75) is 32.7 Å². The van der Waals surface area contributed by atoms with Gasteiger partial charge in [-0.05, 0) is 26.0 Å². The minimum atomic E-state index is -4.42. The number of hydrogen-bond donors (Lipinski definition) is 1. The lowest BCUT2D eigenvalue weighted by atomic mass is 10.3. The Bertz CT molecular complexity index is 403. The predicted octanol–water partition coefficient (Wildman–Crippen LogP) is 2.64. The molecule has 0 aliphatic heterocycles. The van der Waals surface area contributed by atoms with E-state index in [1.165, 1.54) is 18.3 Å². The van der Waals surface area contributed by atoms with Crippen molar-refractivity contribution in [2.75, 3.05) is 6.61 Å². The van der Waals surface area contributed by atoms with Gasteiger partial charge < -0.3 is 10.1 Å². The van der Waals surface area contributed by atoms with Gasteiger partial charge >= 0.3 is 6.18 Å². The lowest BCUT2D eigenvalue weighted by Gasteiger charge is -2.14. The first-order chi connectivity index (χ1) is 8.28. The highest BCUT2D eigenvalue weighted by molar-refractivity contribution is 7.11. The normalized spacial score (nSPS) is 13.4. The number of nitrogens with one attached hydrogen (secondary N) is 1. The first kappa shape index (κ1) is 15.0. The van der Waals surface area contributed by atoms with Crippen LogP contribution in [-0.4, -0.2) is 24.8 Å². The Balaban J connectivity index is 2.32. The summed E-state index contributed by atoms with van der Waals surface area (Å²) in [5.41, 5.74) is 0. The molecule has 18 heavy (non-hydrogen) atoms. The largest absolute Gasteiger partial charge is 0.411 e. The van der Waals surface area contributed by atoms with Gasteiger partial charge in [-0.15, -0.1) is 11.3 Å². The molecule has 0 saturated heterocycles. The topological polar surface area (TPSA) is 38.3 Å². The molecule has 1 amide bonds. The average Bonchev–Trinajstić information content (AvgIpc) is 2.67. The van der Waals surface area contributed by atoms with E-state index in [0.29, 0.717) is 6.54 Å². The number of hydrogen-bond acceptors (Lipinski definition) is 3. The van der Waals surface area contributed by atoms with E-state index in [9.17, 15) is 18.0 Å². The van der Waals surface area contributed by atoms with Gasteiger partial charge in [0.1, 0.15) is 12.7 Å². The molecule has 0 spiro atoms. The fraction of sp³-hybridized carbons (Fsp3) is 0.545. The van der Waals surface area contributed by atoms with Crippen molar-refractivity contribution in [1.29, 1.82) is 0 Å². The van der Waals surface area contributed by atoms with Crippen LogP contribution in [0.25, 0.3) is 0 Å². The van der Waals surface area contributed by atoms with Gasteiger partial charge in [0.05, 0.1) is 6.54 Å². The van der Waals surface area contributed by atoms with E-state index < -0.39 is 24.8 Å². The smallest absolute Gasteiger partial charge is 0.359 e. The maximum atomic E-state index is 11.9. The van der Waals surface area contributed by atoms with Crippen molar-refractivity contribution < 1.29 is 22.7 Å². The first-order valence-electron chi connectivity index (χ1n) is 5.29. The fourth-order valence-corrected chi connectivity index (χ4v) is 2.02. The molecule has 0 aliphatic rings. The highest BCUT2D eigenvalue weighted by atomic mass is 32.1. The number of ether oxygens (including phenoxy) is 1. The molecule has 0 saturated carbocycles. The monoisotopic (exact) mass is 281 g/mol. The molecule has 1 heterocycles. The number of halogens is 3. The summed E-state index contributed by atoms with van der Waals surface area (Å²) < 4.78 is 40.1. The van der Waals surface area contributed by atoms with E-state index >= 15 is 0 Å². The molecule has 3 nitrogen and oxygen atoms in total. The first-order valence-corrected chi connectivity index (χ1v) is 6.11. The van der Waals surface area contributed by atoms with Crippen LogP contribution in [0.15, 0.2) is 12.1 Å². The zero-order valence-corrected chi connectivity index (χ0v) is 10.8. The average molecular weight is 281 g/mol. The third-order valence-corrected chi connectivity index (χ3v) is 3.10. The van der Waals surface area contributed by atoms with E-state index in [2.05, 4.69) is 10.1 Å². The number of carbonyl (C=O) groups is 1. The SMILES string of the molecule is Cc1ccc(CNC(=O)[C@H](C)OCC(F)(F)F)s1. The van der Waals surface area contributed by atoms with Crippen LogP contribution in [0.4, 0.5) is 13.2 Å². The van der Waals surface area contributed by atoms with Gasteiger partial charge in [-0.2, -0.15) is 13.2 Å². The Kier molecular flexibility index (Phi) is 5.15. The van der Waals surface area contributed by atoms with Crippen molar-refractivity contribution in [2.24, 2.45) is 0 Å². The summed E-state index contributed by atoms with van der Waals surface area (Å²) in [5.74, 6) is -0.551. The highest BCUT2D eigenvalue weighted by Crippen LogP contribution is 2.16. The number of thiophene rings is 1. The summed E-state index contributed by atoms with van der Waals surface area (Å²) in [4.78, 5) is 13.5. The van der Waals surface area contributed by atoms with Gasteiger partial charge in [-0.25, -0.2) is 0 Å². The molecule has 1 rings (SSSR count). The Labute approximate surface area is 107 Å². The lowest BCUT2D eigenvalue weighted by molar-refractivity contribution is -0.185. The number of aryl methyl sites for hydroxylation is 1. The molecule has 0 aromatic carbocycles. The molecule has 0 unspecified atom stereocenters. The molecule has 1 aromatic heterocycles. The van der Waals surface area contributed by atoms with Gasteiger partial charge in [0.15, 0.2) is 0 Å².